The minimum atomic E-state index is -1.10. The molecule has 6 heteroatoms. The molecule has 0 aliphatic rings. The summed E-state index contributed by atoms with van der Waals surface area (Å²) in [6.07, 6.45) is 1.87. The van der Waals surface area contributed by atoms with E-state index in [0.29, 0.717) is 30.2 Å². The highest BCUT2D eigenvalue weighted by atomic mass is 16.5. The summed E-state index contributed by atoms with van der Waals surface area (Å²) >= 11 is 0. The number of aliphatic hydroxyl groups is 1. The fourth-order valence-electron chi connectivity index (χ4n) is 2.14. The Hall–Kier alpha value is -2.47. The summed E-state index contributed by atoms with van der Waals surface area (Å²) < 4.78 is 10.7. The first-order chi connectivity index (χ1) is 11.0. The Morgan fingerprint density at radius 3 is 2.78 bits per heavy atom. The molecule has 23 heavy (non-hydrogen) atoms. The summed E-state index contributed by atoms with van der Waals surface area (Å²) in [7, 11) is 0. The molecule has 0 radical (unpaired) electrons. The quantitative estimate of drug-likeness (QED) is 0.733. The first kappa shape index (κ1) is 16.9. The SMILES string of the molecule is CCOc1ccccc1NC(=O)NCC(C)(O)Cc1ccco1. The van der Waals surface area contributed by atoms with Crippen molar-refractivity contribution >= 4 is 11.7 Å². The molecule has 0 saturated heterocycles. The molecule has 1 aromatic carbocycles. The van der Waals surface area contributed by atoms with Crippen molar-refractivity contribution in [1.82, 2.24) is 5.32 Å². The fraction of sp³-hybridized carbons (Fsp3) is 0.353. The highest BCUT2D eigenvalue weighted by Gasteiger charge is 2.23. The third-order valence-electron chi connectivity index (χ3n) is 3.20. The number of ether oxygens (including phenoxy) is 1. The third-order valence-corrected chi connectivity index (χ3v) is 3.20. The lowest BCUT2D eigenvalue weighted by Gasteiger charge is -2.22. The molecule has 2 amide bonds. The zero-order valence-corrected chi connectivity index (χ0v) is 13.3. The average Bonchev–Trinajstić information content (AvgIpc) is 3.00. The maximum atomic E-state index is 12.0. The molecule has 124 valence electrons. The van der Waals surface area contributed by atoms with Gasteiger partial charge in [0.25, 0.3) is 0 Å². The van der Waals surface area contributed by atoms with E-state index >= 15 is 0 Å². The maximum absolute atomic E-state index is 12.0. The molecule has 2 rings (SSSR count). The second kappa shape index (κ2) is 7.69. The molecule has 1 aromatic heterocycles. The second-order valence-corrected chi connectivity index (χ2v) is 5.49. The zero-order chi connectivity index (χ0) is 16.7. The van der Waals surface area contributed by atoms with Crippen LogP contribution in [0.25, 0.3) is 0 Å². The van der Waals surface area contributed by atoms with E-state index in [-0.39, 0.29) is 6.54 Å². The Morgan fingerprint density at radius 2 is 2.09 bits per heavy atom. The Balaban J connectivity index is 1.87. The van der Waals surface area contributed by atoms with Crippen LogP contribution in [0.2, 0.25) is 0 Å². The molecular weight excluding hydrogens is 296 g/mol. The van der Waals surface area contributed by atoms with Gasteiger partial charge in [-0.2, -0.15) is 0 Å². The van der Waals surface area contributed by atoms with Crippen LogP contribution in [-0.4, -0.2) is 29.9 Å². The molecule has 1 heterocycles. The van der Waals surface area contributed by atoms with Crippen molar-refractivity contribution in [3.63, 3.8) is 0 Å². The number of para-hydroxylation sites is 2. The fourth-order valence-corrected chi connectivity index (χ4v) is 2.14. The largest absolute Gasteiger partial charge is 0.492 e. The minimum absolute atomic E-state index is 0.0936. The number of nitrogens with one attached hydrogen (secondary N) is 2. The number of amides is 2. The van der Waals surface area contributed by atoms with Crippen LogP contribution in [0.1, 0.15) is 19.6 Å². The van der Waals surface area contributed by atoms with Gasteiger partial charge in [-0.3, -0.25) is 0 Å². The van der Waals surface area contributed by atoms with E-state index in [1.165, 1.54) is 0 Å². The molecule has 2 aromatic rings. The van der Waals surface area contributed by atoms with E-state index in [4.69, 9.17) is 9.15 Å². The normalized spacial score (nSPS) is 13.2. The van der Waals surface area contributed by atoms with Crippen molar-refractivity contribution in [1.29, 1.82) is 0 Å². The summed E-state index contributed by atoms with van der Waals surface area (Å²) in [6.45, 7) is 4.13. The molecule has 3 N–H and O–H groups in total. The van der Waals surface area contributed by atoms with E-state index in [1.807, 2.05) is 19.1 Å². The van der Waals surface area contributed by atoms with E-state index in [1.54, 1.807) is 37.5 Å². The molecule has 1 unspecified atom stereocenters. The van der Waals surface area contributed by atoms with Crippen LogP contribution in [0.3, 0.4) is 0 Å². The van der Waals surface area contributed by atoms with E-state index in [0.717, 1.165) is 0 Å². The van der Waals surface area contributed by atoms with Crippen molar-refractivity contribution in [2.45, 2.75) is 25.9 Å². The highest BCUT2D eigenvalue weighted by molar-refractivity contribution is 5.90. The van der Waals surface area contributed by atoms with Crippen molar-refractivity contribution in [3.05, 3.63) is 48.4 Å². The number of hydrogen-bond acceptors (Lipinski definition) is 4. The lowest BCUT2D eigenvalue weighted by atomic mass is 10.0. The van der Waals surface area contributed by atoms with Gasteiger partial charge in [-0.05, 0) is 38.1 Å². The summed E-state index contributed by atoms with van der Waals surface area (Å²) in [6, 6.07) is 10.3. The van der Waals surface area contributed by atoms with Gasteiger partial charge in [0.2, 0.25) is 0 Å². The minimum Gasteiger partial charge on any atom is -0.492 e. The van der Waals surface area contributed by atoms with Crippen LogP contribution in [0.4, 0.5) is 10.5 Å². The number of carbonyl (C=O) groups excluding carboxylic acids is 1. The smallest absolute Gasteiger partial charge is 0.319 e. The molecule has 0 spiro atoms. The van der Waals surface area contributed by atoms with Crippen molar-refractivity contribution in [2.24, 2.45) is 0 Å². The van der Waals surface area contributed by atoms with Gasteiger partial charge in [-0.1, -0.05) is 12.1 Å². The van der Waals surface area contributed by atoms with Crippen molar-refractivity contribution in [2.75, 3.05) is 18.5 Å². The van der Waals surface area contributed by atoms with E-state index in [9.17, 15) is 9.90 Å². The number of rotatable bonds is 7. The van der Waals surface area contributed by atoms with Gasteiger partial charge in [0.1, 0.15) is 11.5 Å². The number of carbonyl (C=O) groups is 1. The summed E-state index contributed by atoms with van der Waals surface area (Å²) in [5.41, 5.74) is -0.522. The van der Waals surface area contributed by atoms with Crippen LogP contribution in [-0.2, 0) is 6.42 Å². The van der Waals surface area contributed by atoms with Gasteiger partial charge < -0.3 is 24.9 Å². The van der Waals surface area contributed by atoms with Gasteiger partial charge in [0.05, 0.1) is 24.2 Å². The van der Waals surface area contributed by atoms with Gasteiger partial charge in [-0.15, -0.1) is 0 Å². The van der Waals surface area contributed by atoms with Crippen molar-refractivity contribution < 1.29 is 19.1 Å². The van der Waals surface area contributed by atoms with Crippen molar-refractivity contribution in [3.8, 4) is 5.75 Å². The first-order valence-corrected chi connectivity index (χ1v) is 7.51. The highest BCUT2D eigenvalue weighted by Crippen LogP contribution is 2.23. The average molecular weight is 318 g/mol. The molecular formula is C17H22N2O4. The second-order valence-electron chi connectivity index (χ2n) is 5.49. The van der Waals surface area contributed by atoms with Crippen LogP contribution in [0.15, 0.2) is 47.1 Å². The number of furan rings is 1. The number of anilines is 1. The zero-order valence-electron chi connectivity index (χ0n) is 13.3. The molecule has 6 nitrogen and oxygen atoms in total. The maximum Gasteiger partial charge on any atom is 0.319 e. The Bertz CT molecular complexity index is 623. The first-order valence-electron chi connectivity index (χ1n) is 7.51. The van der Waals surface area contributed by atoms with Gasteiger partial charge in [-0.25, -0.2) is 4.79 Å². The topological polar surface area (TPSA) is 83.7 Å². The number of benzene rings is 1. The summed E-state index contributed by atoms with van der Waals surface area (Å²) in [5, 5.41) is 15.7. The third kappa shape index (κ3) is 5.34. The van der Waals surface area contributed by atoms with Crippen LogP contribution in [0.5, 0.6) is 5.75 Å². The van der Waals surface area contributed by atoms with Gasteiger partial charge in [0, 0.05) is 13.0 Å². The molecule has 1 atom stereocenters. The Kier molecular flexibility index (Phi) is 5.65. The molecule has 0 fully saturated rings. The number of hydrogen-bond donors (Lipinski definition) is 3. The summed E-state index contributed by atoms with van der Waals surface area (Å²) in [4.78, 5) is 12.0. The van der Waals surface area contributed by atoms with Crippen LogP contribution >= 0.6 is 0 Å². The molecule has 0 bridgehead atoms. The Labute approximate surface area is 135 Å². The molecule has 0 aliphatic heterocycles. The summed E-state index contributed by atoms with van der Waals surface area (Å²) in [5.74, 6) is 1.27. The monoisotopic (exact) mass is 318 g/mol. The lowest BCUT2D eigenvalue weighted by Crippen LogP contribution is -2.43. The van der Waals surface area contributed by atoms with E-state index in [2.05, 4.69) is 10.6 Å². The Morgan fingerprint density at radius 1 is 1.30 bits per heavy atom. The molecule has 0 aliphatic carbocycles. The standard InChI is InChI=1S/C17H22N2O4/c1-3-22-15-9-5-4-8-14(15)19-16(20)18-12-17(2,21)11-13-7-6-10-23-13/h4-10,21H,3,11-12H2,1-2H3,(H2,18,19,20). The number of urea groups is 1. The lowest BCUT2D eigenvalue weighted by molar-refractivity contribution is 0.0577. The van der Waals surface area contributed by atoms with Gasteiger partial charge >= 0.3 is 6.03 Å². The van der Waals surface area contributed by atoms with Crippen LogP contribution in [0, 0.1) is 0 Å². The predicted molar refractivity (Wildman–Crippen MR) is 87.7 cm³/mol. The predicted octanol–water partition coefficient (Wildman–Crippen LogP) is 2.79. The molecule has 0 saturated carbocycles. The van der Waals surface area contributed by atoms with E-state index < -0.39 is 11.6 Å². The van der Waals surface area contributed by atoms with Crippen LogP contribution < -0.4 is 15.4 Å². The van der Waals surface area contributed by atoms with Gasteiger partial charge in [0.15, 0.2) is 0 Å².